The van der Waals surface area contributed by atoms with Crippen molar-refractivity contribution in [2.24, 2.45) is 5.92 Å². The van der Waals surface area contributed by atoms with Crippen LogP contribution < -0.4 is 0 Å². The van der Waals surface area contributed by atoms with E-state index in [0.717, 1.165) is 18.4 Å². The number of nitrogens with zero attached hydrogens (tertiary/aromatic N) is 1. The molecule has 0 aliphatic heterocycles. The fourth-order valence-electron chi connectivity index (χ4n) is 2.09. The molecule has 0 heterocycles. The first-order chi connectivity index (χ1) is 8.11. The van der Waals surface area contributed by atoms with Crippen LogP contribution in [0.25, 0.3) is 0 Å². The summed E-state index contributed by atoms with van der Waals surface area (Å²) in [5, 5.41) is 9.19. The molecule has 1 aliphatic rings. The molecule has 1 aliphatic carbocycles. The van der Waals surface area contributed by atoms with E-state index in [4.69, 9.17) is 5.53 Å². The molecule has 17 heavy (non-hydrogen) atoms. The topological polar surface area (TPSA) is 64.2 Å². The van der Waals surface area contributed by atoms with Gasteiger partial charge in [-0.25, -0.2) is 4.79 Å². The zero-order valence-corrected chi connectivity index (χ0v) is 9.84. The van der Waals surface area contributed by atoms with Gasteiger partial charge in [-0.15, -0.1) is 4.70 Å². The quantitative estimate of drug-likeness (QED) is 0.606. The van der Waals surface area contributed by atoms with Gasteiger partial charge in [-0.1, -0.05) is 35.9 Å². The highest BCUT2D eigenvalue weighted by atomic mass is 16.4. The lowest BCUT2D eigenvalue weighted by molar-refractivity contribution is -0.675. The Bertz CT molecular complexity index is 426. The summed E-state index contributed by atoms with van der Waals surface area (Å²) >= 11 is 0. The Morgan fingerprint density at radius 2 is 2.00 bits per heavy atom. The second kappa shape index (κ2) is 4.65. The summed E-state index contributed by atoms with van der Waals surface area (Å²) in [6, 6.07) is 8.72. The maximum atomic E-state index is 11.2. The van der Waals surface area contributed by atoms with Gasteiger partial charge in [0.05, 0.1) is 0 Å². The smallest absolute Gasteiger partial charge is 0.375 e. The molecule has 1 aromatic rings. The van der Waals surface area contributed by atoms with E-state index in [0.29, 0.717) is 0 Å². The minimum Gasteiger partial charge on any atom is -0.476 e. The van der Waals surface area contributed by atoms with E-state index in [2.05, 4.69) is 0 Å². The lowest BCUT2D eigenvalue weighted by Crippen LogP contribution is -2.35. The van der Waals surface area contributed by atoms with Crippen LogP contribution in [0.4, 0.5) is 0 Å². The summed E-state index contributed by atoms with van der Waals surface area (Å²) in [6.45, 7) is 1.88. The number of carboxylic acid groups (broad SMARTS) is 1. The first-order valence-corrected chi connectivity index (χ1v) is 5.88. The number of aliphatic carboxylic acids is 1. The van der Waals surface area contributed by atoms with E-state index in [9.17, 15) is 9.90 Å². The average molecular weight is 233 g/mol. The maximum absolute atomic E-state index is 11.2. The van der Waals surface area contributed by atoms with Crippen molar-refractivity contribution >= 4 is 5.97 Å². The summed E-state index contributed by atoms with van der Waals surface area (Å²) < 4.78 is 1.23. The second-order valence-electron chi connectivity index (χ2n) is 4.61. The lowest BCUT2D eigenvalue weighted by Gasteiger charge is -2.13. The summed E-state index contributed by atoms with van der Waals surface area (Å²) in [7, 11) is 0. The Kier molecular flexibility index (Phi) is 3.22. The third kappa shape index (κ3) is 2.52. The minimum atomic E-state index is -0.884. The highest BCUT2D eigenvalue weighted by Crippen LogP contribution is 2.36. The third-order valence-corrected chi connectivity index (χ3v) is 3.32. The number of benzene rings is 1. The molecule has 0 aromatic heterocycles. The van der Waals surface area contributed by atoms with E-state index < -0.39 is 12.0 Å². The highest BCUT2D eigenvalue weighted by Gasteiger charge is 2.47. The molecule has 4 nitrogen and oxygen atoms in total. The van der Waals surface area contributed by atoms with Gasteiger partial charge in [0.25, 0.3) is 6.04 Å². The lowest BCUT2D eigenvalue weighted by atomic mass is 10.1. The van der Waals surface area contributed by atoms with Gasteiger partial charge in [-0.3, -0.25) is 0 Å². The molecule has 2 N–H and O–H groups in total. The fraction of sp³-hybridized carbons (Fsp3) is 0.462. The van der Waals surface area contributed by atoms with Gasteiger partial charge in [0.15, 0.2) is 0 Å². The van der Waals surface area contributed by atoms with Crippen LogP contribution in [-0.2, 0) is 4.79 Å². The van der Waals surface area contributed by atoms with Crippen LogP contribution in [0, 0.1) is 11.4 Å². The van der Waals surface area contributed by atoms with Crippen molar-refractivity contribution in [1.82, 2.24) is 0 Å². The first-order valence-electron chi connectivity index (χ1n) is 5.88. The molecule has 0 saturated heterocycles. The third-order valence-electron chi connectivity index (χ3n) is 3.32. The largest absolute Gasteiger partial charge is 0.476 e. The summed E-state index contributed by atoms with van der Waals surface area (Å²) in [4.78, 5) is 11.2. The molecule has 0 bridgehead atoms. The van der Waals surface area contributed by atoms with Gasteiger partial charge < -0.3 is 5.11 Å². The predicted molar refractivity (Wildman–Crippen MR) is 62.0 cm³/mol. The monoisotopic (exact) mass is 233 g/mol. The summed E-state index contributed by atoms with van der Waals surface area (Å²) in [6.07, 6.45) is 1.85. The molecular weight excluding hydrogens is 216 g/mol. The molecule has 0 radical (unpaired) electrons. The van der Waals surface area contributed by atoms with Gasteiger partial charge in [-0.05, 0) is 12.8 Å². The molecule has 1 aromatic carbocycles. The number of carbonyl (C=O) groups is 1. The molecule has 2 unspecified atom stereocenters. The van der Waals surface area contributed by atoms with E-state index >= 15 is 0 Å². The number of carboxylic acids is 1. The predicted octanol–water partition coefficient (Wildman–Crippen LogP) is 2.65. The first kappa shape index (κ1) is 11.8. The maximum Gasteiger partial charge on any atom is 0.375 e. The minimum absolute atomic E-state index is 0.149. The van der Waals surface area contributed by atoms with Gasteiger partial charge >= 0.3 is 5.97 Å². The van der Waals surface area contributed by atoms with Crippen LogP contribution in [0.5, 0.6) is 0 Å². The zero-order valence-electron chi connectivity index (χ0n) is 9.84. The Morgan fingerprint density at radius 3 is 2.47 bits per heavy atom. The molecule has 0 amide bonds. The number of hydrogen-bond donors (Lipinski definition) is 2. The molecule has 2 rings (SSSR count). The molecule has 2 atom stereocenters. The summed E-state index contributed by atoms with van der Waals surface area (Å²) in [5.41, 5.74) is 9.01. The van der Waals surface area contributed by atoms with Crippen molar-refractivity contribution in [2.45, 2.75) is 31.8 Å². The summed E-state index contributed by atoms with van der Waals surface area (Å²) in [5.74, 6) is -0.735. The molecule has 1 fully saturated rings. The molecule has 90 valence electrons. The standard InChI is InChI=1S/C13H16N2O2/c1-9(10-5-3-2-4-6-10)15(14)12(13(16)17)11-7-8-11/h2-6,9,11-12,14H,7-8H2,1H3/p+1. The fourth-order valence-corrected chi connectivity index (χ4v) is 2.09. The Labute approximate surface area is 100 Å². The highest BCUT2D eigenvalue weighted by molar-refractivity contribution is 5.72. The molecule has 0 spiro atoms. The van der Waals surface area contributed by atoms with Crippen molar-refractivity contribution in [3.8, 4) is 0 Å². The average Bonchev–Trinajstić information content (AvgIpc) is 3.13. The van der Waals surface area contributed by atoms with Crippen LogP contribution in [0.1, 0.15) is 31.4 Å². The second-order valence-corrected chi connectivity index (χ2v) is 4.61. The van der Waals surface area contributed by atoms with Gasteiger partial charge in [0.1, 0.15) is 0 Å². The Morgan fingerprint density at radius 1 is 1.41 bits per heavy atom. The number of nitrogens with one attached hydrogen (secondary N) is 1. The van der Waals surface area contributed by atoms with E-state index in [1.54, 1.807) is 0 Å². The van der Waals surface area contributed by atoms with E-state index in [1.165, 1.54) is 4.70 Å². The zero-order chi connectivity index (χ0) is 12.4. The van der Waals surface area contributed by atoms with Crippen LogP contribution in [0.3, 0.4) is 0 Å². The van der Waals surface area contributed by atoms with Gasteiger partial charge in [0, 0.05) is 18.4 Å². The Balaban J connectivity index is 2.16. The SMILES string of the molecule is CC(c1ccccc1)[N+](=N)C(C(=O)O)C1CC1. The van der Waals surface area contributed by atoms with Crippen LogP contribution in [-0.4, -0.2) is 21.8 Å². The molecule has 1 saturated carbocycles. The van der Waals surface area contributed by atoms with Gasteiger partial charge in [0.2, 0.25) is 6.04 Å². The number of rotatable bonds is 5. The van der Waals surface area contributed by atoms with Crippen LogP contribution in [0.15, 0.2) is 30.3 Å². The van der Waals surface area contributed by atoms with Crippen molar-refractivity contribution in [1.29, 1.82) is 5.53 Å². The van der Waals surface area contributed by atoms with Crippen LogP contribution in [0.2, 0.25) is 0 Å². The molecule has 4 heteroatoms. The van der Waals surface area contributed by atoms with Crippen molar-refractivity contribution in [3.05, 3.63) is 35.9 Å². The van der Waals surface area contributed by atoms with E-state index in [-0.39, 0.29) is 12.0 Å². The van der Waals surface area contributed by atoms with Crippen LogP contribution >= 0.6 is 0 Å². The Hall–Kier alpha value is -1.71. The van der Waals surface area contributed by atoms with Gasteiger partial charge in [-0.2, -0.15) is 0 Å². The van der Waals surface area contributed by atoms with Crippen molar-refractivity contribution in [3.63, 3.8) is 0 Å². The van der Waals surface area contributed by atoms with E-state index in [1.807, 2.05) is 37.3 Å². The van der Waals surface area contributed by atoms with Crippen molar-refractivity contribution in [2.75, 3.05) is 0 Å². The van der Waals surface area contributed by atoms with Crippen molar-refractivity contribution < 1.29 is 14.6 Å². The molecular formula is C13H17N2O2+. The normalized spacial score (nSPS) is 18.4. The number of hydrogen-bond acceptors (Lipinski definition) is 2.